The Morgan fingerprint density at radius 3 is 2.29 bits per heavy atom. The number of aliphatic hydroxyl groups is 1. The standard InChI is InChI=1S/C24H24Cl3NO3/c1-2-30-23-12-16(13-28-14-22(29)17-7-4-3-5-8-17)11-21(27)24(23)31-15-18-19(25)9-6-10-20(18)26/h3-12,22,28-29H,2,13-15H2,1H3/t22-/m1/s1. The van der Waals surface area contributed by atoms with Gasteiger partial charge in [-0.3, -0.25) is 0 Å². The van der Waals surface area contributed by atoms with Gasteiger partial charge in [0.25, 0.3) is 0 Å². The molecule has 3 aromatic rings. The van der Waals surface area contributed by atoms with E-state index in [9.17, 15) is 5.11 Å². The Bertz CT molecular complexity index is 979. The van der Waals surface area contributed by atoms with Crippen molar-refractivity contribution in [3.8, 4) is 11.5 Å². The predicted molar refractivity (Wildman–Crippen MR) is 127 cm³/mol. The molecule has 0 saturated carbocycles. The Hall–Kier alpha value is -1.95. The zero-order chi connectivity index (χ0) is 22.2. The summed E-state index contributed by atoms with van der Waals surface area (Å²) < 4.78 is 11.7. The quantitative estimate of drug-likeness (QED) is 0.350. The molecule has 3 rings (SSSR count). The topological polar surface area (TPSA) is 50.7 Å². The Morgan fingerprint density at radius 2 is 1.61 bits per heavy atom. The molecule has 7 heteroatoms. The van der Waals surface area contributed by atoms with Crippen molar-refractivity contribution >= 4 is 34.8 Å². The molecule has 0 aliphatic heterocycles. The van der Waals surface area contributed by atoms with Crippen LogP contribution < -0.4 is 14.8 Å². The van der Waals surface area contributed by atoms with Crippen LogP contribution in [-0.4, -0.2) is 18.3 Å². The van der Waals surface area contributed by atoms with Gasteiger partial charge in [0.2, 0.25) is 0 Å². The van der Waals surface area contributed by atoms with E-state index in [1.807, 2.05) is 49.4 Å². The highest BCUT2D eigenvalue weighted by Gasteiger charge is 2.15. The van der Waals surface area contributed by atoms with Crippen LogP contribution in [0.4, 0.5) is 0 Å². The Balaban J connectivity index is 1.68. The van der Waals surface area contributed by atoms with Crippen molar-refractivity contribution in [2.75, 3.05) is 13.2 Å². The predicted octanol–water partition coefficient (Wildman–Crippen LogP) is 6.45. The summed E-state index contributed by atoms with van der Waals surface area (Å²) in [5.41, 5.74) is 2.46. The van der Waals surface area contributed by atoms with E-state index >= 15 is 0 Å². The van der Waals surface area contributed by atoms with Gasteiger partial charge in [0.1, 0.15) is 6.61 Å². The fourth-order valence-electron chi connectivity index (χ4n) is 3.09. The van der Waals surface area contributed by atoms with Gasteiger partial charge in [0.15, 0.2) is 11.5 Å². The molecule has 164 valence electrons. The molecular formula is C24H24Cl3NO3. The zero-order valence-corrected chi connectivity index (χ0v) is 19.3. The Morgan fingerprint density at radius 1 is 0.903 bits per heavy atom. The number of hydrogen-bond acceptors (Lipinski definition) is 4. The molecular weight excluding hydrogens is 457 g/mol. The highest BCUT2D eigenvalue weighted by molar-refractivity contribution is 6.36. The summed E-state index contributed by atoms with van der Waals surface area (Å²) in [5, 5.41) is 15.0. The maximum Gasteiger partial charge on any atom is 0.180 e. The van der Waals surface area contributed by atoms with Crippen molar-refractivity contribution in [3.63, 3.8) is 0 Å². The van der Waals surface area contributed by atoms with Crippen LogP contribution in [0.15, 0.2) is 60.7 Å². The lowest BCUT2D eigenvalue weighted by Crippen LogP contribution is -2.21. The van der Waals surface area contributed by atoms with Crippen molar-refractivity contribution in [1.29, 1.82) is 0 Å². The number of hydrogen-bond donors (Lipinski definition) is 2. The average Bonchev–Trinajstić information content (AvgIpc) is 2.75. The number of ether oxygens (including phenoxy) is 2. The van der Waals surface area contributed by atoms with E-state index in [1.54, 1.807) is 18.2 Å². The highest BCUT2D eigenvalue weighted by Crippen LogP contribution is 2.38. The van der Waals surface area contributed by atoms with Crippen molar-refractivity contribution < 1.29 is 14.6 Å². The second-order valence-electron chi connectivity index (χ2n) is 6.88. The summed E-state index contributed by atoms with van der Waals surface area (Å²) >= 11 is 19.0. The third kappa shape index (κ3) is 6.52. The third-order valence-electron chi connectivity index (χ3n) is 4.64. The van der Waals surface area contributed by atoms with Crippen molar-refractivity contribution in [3.05, 3.63) is 92.4 Å². The first kappa shape index (κ1) is 23.7. The monoisotopic (exact) mass is 479 g/mol. The number of nitrogens with one attached hydrogen (secondary N) is 1. The maximum absolute atomic E-state index is 10.3. The summed E-state index contributed by atoms with van der Waals surface area (Å²) in [5.74, 6) is 0.978. The van der Waals surface area contributed by atoms with Crippen LogP contribution in [0.1, 0.15) is 29.7 Å². The molecule has 2 N–H and O–H groups in total. The molecule has 0 bridgehead atoms. The van der Waals surface area contributed by atoms with E-state index in [-0.39, 0.29) is 6.61 Å². The van der Waals surface area contributed by atoms with Gasteiger partial charge in [-0.15, -0.1) is 0 Å². The molecule has 0 aliphatic rings. The Kier molecular flexibility index (Phi) is 8.88. The summed E-state index contributed by atoms with van der Waals surface area (Å²) in [6.45, 7) is 3.45. The van der Waals surface area contributed by atoms with Crippen LogP contribution in [0.5, 0.6) is 11.5 Å². The van der Waals surface area contributed by atoms with Crippen LogP contribution in [0.3, 0.4) is 0 Å². The first-order valence-electron chi connectivity index (χ1n) is 9.94. The van der Waals surface area contributed by atoms with Crippen LogP contribution in [-0.2, 0) is 13.2 Å². The van der Waals surface area contributed by atoms with Crippen LogP contribution in [0, 0.1) is 0 Å². The molecule has 0 aliphatic carbocycles. The van der Waals surface area contributed by atoms with Crippen molar-refractivity contribution in [2.45, 2.75) is 26.2 Å². The minimum Gasteiger partial charge on any atom is -0.490 e. The largest absolute Gasteiger partial charge is 0.490 e. The van der Waals surface area contributed by atoms with Crippen LogP contribution >= 0.6 is 34.8 Å². The van der Waals surface area contributed by atoms with Crippen molar-refractivity contribution in [1.82, 2.24) is 5.32 Å². The van der Waals surface area contributed by atoms with E-state index in [0.29, 0.717) is 51.8 Å². The molecule has 0 radical (unpaired) electrons. The van der Waals surface area contributed by atoms with E-state index in [2.05, 4.69) is 5.32 Å². The number of benzene rings is 3. The van der Waals surface area contributed by atoms with Gasteiger partial charge in [-0.2, -0.15) is 0 Å². The SMILES string of the molecule is CCOc1cc(CNC[C@@H](O)c2ccccc2)cc(Cl)c1OCc1c(Cl)cccc1Cl. The summed E-state index contributed by atoms with van der Waals surface area (Å²) in [6, 6.07) is 18.5. The van der Waals surface area contributed by atoms with Gasteiger partial charge >= 0.3 is 0 Å². The van der Waals surface area contributed by atoms with Gasteiger partial charge in [-0.1, -0.05) is 71.2 Å². The molecule has 1 atom stereocenters. The average molecular weight is 481 g/mol. The van der Waals surface area contributed by atoms with Crippen molar-refractivity contribution in [2.24, 2.45) is 0 Å². The first-order valence-corrected chi connectivity index (χ1v) is 11.1. The van der Waals surface area contributed by atoms with E-state index in [4.69, 9.17) is 44.3 Å². The van der Waals surface area contributed by atoms with Gasteiger partial charge in [0, 0.05) is 28.7 Å². The third-order valence-corrected chi connectivity index (χ3v) is 5.63. The summed E-state index contributed by atoms with van der Waals surface area (Å²) in [6.07, 6.45) is -0.592. The van der Waals surface area contributed by atoms with E-state index in [1.165, 1.54) is 0 Å². The molecule has 0 spiro atoms. The summed E-state index contributed by atoms with van der Waals surface area (Å²) in [7, 11) is 0. The smallest absolute Gasteiger partial charge is 0.180 e. The van der Waals surface area contributed by atoms with Gasteiger partial charge in [-0.25, -0.2) is 0 Å². The van der Waals surface area contributed by atoms with Gasteiger partial charge in [0.05, 0.1) is 17.7 Å². The van der Waals surface area contributed by atoms with Gasteiger partial charge < -0.3 is 19.9 Å². The second kappa shape index (κ2) is 11.6. The minimum atomic E-state index is -0.592. The molecule has 0 heterocycles. The second-order valence-corrected chi connectivity index (χ2v) is 8.11. The lowest BCUT2D eigenvalue weighted by Gasteiger charge is -2.17. The molecule has 0 amide bonds. The lowest BCUT2D eigenvalue weighted by atomic mass is 10.1. The van der Waals surface area contributed by atoms with Gasteiger partial charge in [-0.05, 0) is 42.3 Å². The zero-order valence-electron chi connectivity index (χ0n) is 17.1. The first-order chi connectivity index (χ1) is 15.0. The molecule has 31 heavy (non-hydrogen) atoms. The maximum atomic E-state index is 10.3. The minimum absolute atomic E-state index is 0.166. The Labute approximate surface area is 197 Å². The number of aliphatic hydroxyl groups excluding tert-OH is 1. The summed E-state index contributed by atoms with van der Waals surface area (Å²) in [4.78, 5) is 0. The van der Waals surface area contributed by atoms with Crippen LogP contribution in [0.2, 0.25) is 15.1 Å². The molecule has 0 aromatic heterocycles. The number of halogens is 3. The molecule has 3 aromatic carbocycles. The molecule has 4 nitrogen and oxygen atoms in total. The van der Waals surface area contributed by atoms with E-state index < -0.39 is 6.10 Å². The molecule has 0 fully saturated rings. The fourth-order valence-corrected chi connectivity index (χ4v) is 3.88. The van der Waals surface area contributed by atoms with Crippen LogP contribution in [0.25, 0.3) is 0 Å². The normalized spacial score (nSPS) is 11.9. The lowest BCUT2D eigenvalue weighted by molar-refractivity contribution is 0.174. The van der Waals surface area contributed by atoms with E-state index in [0.717, 1.165) is 11.1 Å². The molecule has 0 unspecified atom stereocenters. The number of rotatable bonds is 10. The highest BCUT2D eigenvalue weighted by atomic mass is 35.5. The fraction of sp³-hybridized carbons (Fsp3) is 0.250. The molecule has 0 saturated heterocycles.